The second-order valence-electron chi connectivity index (χ2n) is 3.74. The van der Waals surface area contributed by atoms with Gasteiger partial charge in [-0.05, 0) is 48.4 Å². The molecule has 2 rings (SSSR count). The highest BCUT2D eigenvalue weighted by molar-refractivity contribution is 5.90. The van der Waals surface area contributed by atoms with Crippen LogP contribution in [-0.2, 0) is 19.3 Å². The number of rotatable bonds is 2. The summed E-state index contributed by atoms with van der Waals surface area (Å²) in [7, 11) is 0. The number of aryl methyl sites for hydroxylation is 1. The number of carbonyl (C=O) groups is 1. The van der Waals surface area contributed by atoms with Gasteiger partial charge in [0.05, 0.1) is 5.56 Å². The first-order valence-corrected chi connectivity index (χ1v) is 5.11. The van der Waals surface area contributed by atoms with Gasteiger partial charge < -0.3 is 5.11 Å². The van der Waals surface area contributed by atoms with Crippen molar-refractivity contribution in [2.45, 2.75) is 32.6 Å². The second-order valence-corrected chi connectivity index (χ2v) is 3.74. The first-order valence-electron chi connectivity index (χ1n) is 5.11. The largest absolute Gasteiger partial charge is 0.478 e. The Bertz CT molecular complexity index is 380. The van der Waals surface area contributed by atoms with Crippen molar-refractivity contribution in [1.82, 2.24) is 0 Å². The Kier molecular flexibility index (Phi) is 2.28. The second kappa shape index (κ2) is 3.45. The van der Waals surface area contributed by atoms with E-state index in [-0.39, 0.29) is 0 Å². The van der Waals surface area contributed by atoms with Crippen LogP contribution in [0.2, 0.25) is 0 Å². The van der Waals surface area contributed by atoms with Gasteiger partial charge in [-0.3, -0.25) is 0 Å². The minimum absolute atomic E-state index is 0.509. The van der Waals surface area contributed by atoms with Crippen LogP contribution in [-0.4, -0.2) is 11.1 Å². The summed E-state index contributed by atoms with van der Waals surface area (Å²) in [6, 6.07) is 3.72. The van der Waals surface area contributed by atoms with Gasteiger partial charge >= 0.3 is 5.97 Å². The van der Waals surface area contributed by atoms with Crippen molar-refractivity contribution in [2.75, 3.05) is 0 Å². The SMILES string of the molecule is CCc1ccc(C(=O)O)c2c1CCC2. The number of hydrogen-bond donors (Lipinski definition) is 1. The first kappa shape index (κ1) is 9.25. The minimum Gasteiger partial charge on any atom is -0.478 e. The minimum atomic E-state index is -0.786. The lowest BCUT2D eigenvalue weighted by Gasteiger charge is -2.08. The number of fused-ring (bicyclic) bond motifs is 1. The summed E-state index contributed by atoms with van der Waals surface area (Å²) in [5.41, 5.74) is 4.21. The number of carboxylic acids is 1. The molecule has 0 radical (unpaired) electrons. The van der Waals surface area contributed by atoms with E-state index >= 15 is 0 Å². The molecule has 1 aromatic carbocycles. The molecule has 2 nitrogen and oxygen atoms in total. The van der Waals surface area contributed by atoms with Crippen LogP contribution in [0.3, 0.4) is 0 Å². The molecular weight excluding hydrogens is 176 g/mol. The molecule has 2 heteroatoms. The normalized spacial score (nSPS) is 14.1. The summed E-state index contributed by atoms with van der Waals surface area (Å²) in [6.45, 7) is 2.12. The van der Waals surface area contributed by atoms with Crippen LogP contribution >= 0.6 is 0 Å². The summed E-state index contributed by atoms with van der Waals surface area (Å²) in [6.07, 6.45) is 4.10. The van der Waals surface area contributed by atoms with Gasteiger partial charge in [0.15, 0.2) is 0 Å². The molecule has 0 aromatic heterocycles. The molecule has 0 amide bonds. The van der Waals surface area contributed by atoms with E-state index in [9.17, 15) is 4.79 Å². The maximum atomic E-state index is 11.0. The van der Waals surface area contributed by atoms with Gasteiger partial charge in [-0.1, -0.05) is 13.0 Å². The van der Waals surface area contributed by atoms with Crippen molar-refractivity contribution in [1.29, 1.82) is 0 Å². The summed E-state index contributed by atoms with van der Waals surface area (Å²) < 4.78 is 0. The predicted octanol–water partition coefficient (Wildman–Crippen LogP) is 2.44. The van der Waals surface area contributed by atoms with E-state index < -0.39 is 5.97 Å². The Morgan fingerprint density at radius 1 is 1.36 bits per heavy atom. The van der Waals surface area contributed by atoms with E-state index in [1.165, 1.54) is 11.1 Å². The van der Waals surface area contributed by atoms with Gasteiger partial charge in [0.25, 0.3) is 0 Å². The van der Waals surface area contributed by atoms with Gasteiger partial charge in [0, 0.05) is 0 Å². The molecule has 0 saturated heterocycles. The van der Waals surface area contributed by atoms with E-state index in [1.54, 1.807) is 6.07 Å². The summed E-state index contributed by atoms with van der Waals surface area (Å²) in [5, 5.41) is 9.01. The molecule has 0 fully saturated rings. The number of carboxylic acid groups (broad SMARTS) is 1. The Labute approximate surface area is 83.6 Å². The van der Waals surface area contributed by atoms with Crippen LogP contribution in [0, 0.1) is 0 Å². The lowest BCUT2D eigenvalue weighted by molar-refractivity contribution is 0.0696. The molecule has 14 heavy (non-hydrogen) atoms. The Morgan fingerprint density at radius 3 is 2.71 bits per heavy atom. The van der Waals surface area contributed by atoms with Gasteiger partial charge in [0.1, 0.15) is 0 Å². The lowest BCUT2D eigenvalue weighted by atomic mass is 9.97. The van der Waals surface area contributed by atoms with Crippen molar-refractivity contribution in [3.8, 4) is 0 Å². The summed E-state index contributed by atoms with van der Waals surface area (Å²) >= 11 is 0. The molecule has 0 spiro atoms. The predicted molar refractivity (Wildman–Crippen MR) is 54.8 cm³/mol. The molecular formula is C12H14O2. The third-order valence-electron chi connectivity index (χ3n) is 2.99. The van der Waals surface area contributed by atoms with Crippen LogP contribution in [0.5, 0.6) is 0 Å². The highest BCUT2D eigenvalue weighted by atomic mass is 16.4. The number of aromatic carboxylic acids is 1. The van der Waals surface area contributed by atoms with E-state index in [0.717, 1.165) is 31.2 Å². The molecule has 0 saturated carbocycles. The molecule has 1 aromatic rings. The zero-order chi connectivity index (χ0) is 10.1. The van der Waals surface area contributed by atoms with E-state index in [1.807, 2.05) is 6.07 Å². The Hall–Kier alpha value is -1.31. The average Bonchev–Trinajstić information content (AvgIpc) is 2.64. The van der Waals surface area contributed by atoms with Crippen molar-refractivity contribution >= 4 is 5.97 Å². The van der Waals surface area contributed by atoms with Crippen LogP contribution in [0.15, 0.2) is 12.1 Å². The fourth-order valence-corrected chi connectivity index (χ4v) is 2.31. The van der Waals surface area contributed by atoms with Gasteiger partial charge in [-0.15, -0.1) is 0 Å². The fourth-order valence-electron chi connectivity index (χ4n) is 2.31. The molecule has 0 bridgehead atoms. The Balaban J connectivity index is 2.58. The maximum Gasteiger partial charge on any atom is 0.335 e. The van der Waals surface area contributed by atoms with Gasteiger partial charge in [-0.2, -0.15) is 0 Å². The molecule has 0 heterocycles. The maximum absolute atomic E-state index is 11.0. The average molecular weight is 190 g/mol. The highest BCUT2D eigenvalue weighted by Gasteiger charge is 2.20. The quantitative estimate of drug-likeness (QED) is 0.777. The van der Waals surface area contributed by atoms with E-state index in [4.69, 9.17) is 5.11 Å². The monoisotopic (exact) mass is 190 g/mol. The molecule has 74 valence electrons. The molecule has 0 atom stereocenters. The zero-order valence-corrected chi connectivity index (χ0v) is 8.34. The zero-order valence-electron chi connectivity index (χ0n) is 8.34. The third-order valence-corrected chi connectivity index (χ3v) is 2.99. The van der Waals surface area contributed by atoms with Gasteiger partial charge in [0.2, 0.25) is 0 Å². The molecule has 0 unspecified atom stereocenters. The molecule has 1 aliphatic carbocycles. The van der Waals surface area contributed by atoms with Crippen LogP contribution in [0.25, 0.3) is 0 Å². The summed E-state index contributed by atoms with van der Waals surface area (Å²) in [5.74, 6) is -0.786. The number of benzene rings is 1. The lowest BCUT2D eigenvalue weighted by Crippen LogP contribution is -2.03. The van der Waals surface area contributed by atoms with Crippen LogP contribution in [0.4, 0.5) is 0 Å². The standard InChI is InChI=1S/C12H14O2/c1-2-8-6-7-11(12(13)14)10-5-3-4-9(8)10/h6-7H,2-5H2,1H3,(H,13,14). The van der Waals surface area contributed by atoms with E-state index in [2.05, 4.69) is 6.92 Å². The van der Waals surface area contributed by atoms with Crippen LogP contribution in [0.1, 0.15) is 40.4 Å². The molecule has 1 aliphatic rings. The van der Waals surface area contributed by atoms with Crippen molar-refractivity contribution in [3.05, 3.63) is 34.4 Å². The highest BCUT2D eigenvalue weighted by Crippen LogP contribution is 2.28. The van der Waals surface area contributed by atoms with E-state index in [0.29, 0.717) is 5.56 Å². The topological polar surface area (TPSA) is 37.3 Å². The fraction of sp³-hybridized carbons (Fsp3) is 0.417. The van der Waals surface area contributed by atoms with Crippen molar-refractivity contribution < 1.29 is 9.90 Å². The third kappa shape index (κ3) is 1.31. The van der Waals surface area contributed by atoms with Crippen molar-refractivity contribution in [3.63, 3.8) is 0 Å². The molecule has 0 aliphatic heterocycles. The Morgan fingerprint density at radius 2 is 2.07 bits per heavy atom. The van der Waals surface area contributed by atoms with Gasteiger partial charge in [-0.25, -0.2) is 4.79 Å². The number of hydrogen-bond acceptors (Lipinski definition) is 1. The van der Waals surface area contributed by atoms with Crippen LogP contribution < -0.4 is 0 Å². The first-order chi connectivity index (χ1) is 6.74. The van der Waals surface area contributed by atoms with Crippen molar-refractivity contribution in [2.24, 2.45) is 0 Å². The molecule has 1 N–H and O–H groups in total. The summed E-state index contributed by atoms with van der Waals surface area (Å²) in [4.78, 5) is 11.0. The smallest absolute Gasteiger partial charge is 0.335 e.